The molecule has 0 heterocycles. The van der Waals surface area contributed by atoms with Crippen LogP contribution in [0.5, 0.6) is 0 Å². The van der Waals surface area contributed by atoms with Crippen molar-refractivity contribution in [3.63, 3.8) is 0 Å². The monoisotopic (exact) mass is 219 g/mol. The molecule has 86 valence electrons. The zero-order valence-corrected chi connectivity index (χ0v) is 9.53. The number of Topliss-reactive ketones (excluding diaryl/α,β-unsaturated/α-hetero) is 1. The predicted octanol–water partition coefficient (Wildman–Crippen LogP) is 1.52. The van der Waals surface area contributed by atoms with Crippen LogP contribution in [0.3, 0.4) is 0 Å². The Labute approximate surface area is 95.1 Å². The van der Waals surface area contributed by atoms with Crippen molar-refractivity contribution in [3.05, 3.63) is 35.4 Å². The van der Waals surface area contributed by atoms with E-state index in [9.17, 15) is 14.7 Å². The molecule has 1 atom stereocenters. The molecule has 0 spiro atoms. The SMILES string of the molecule is CC(=O)c1ccc([C@H](C)CCC(=O)[O-])cc1. The van der Waals surface area contributed by atoms with Crippen molar-refractivity contribution in [2.24, 2.45) is 0 Å². The molecule has 0 saturated carbocycles. The predicted molar refractivity (Wildman–Crippen MR) is 59.1 cm³/mol. The maximum atomic E-state index is 11.1. The average Bonchev–Trinajstić information content (AvgIpc) is 2.26. The van der Waals surface area contributed by atoms with Gasteiger partial charge in [-0.2, -0.15) is 0 Å². The van der Waals surface area contributed by atoms with Gasteiger partial charge < -0.3 is 9.90 Å². The van der Waals surface area contributed by atoms with E-state index >= 15 is 0 Å². The highest BCUT2D eigenvalue weighted by Gasteiger charge is 2.06. The number of ketones is 1. The van der Waals surface area contributed by atoms with Crippen molar-refractivity contribution >= 4 is 11.8 Å². The molecule has 0 N–H and O–H groups in total. The summed E-state index contributed by atoms with van der Waals surface area (Å²) in [5.41, 5.74) is 1.72. The summed E-state index contributed by atoms with van der Waals surface area (Å²) in [6, 6.07) is 7.29. The van der Waals surface area contributed by atoms with Crippen LogP contribution in [0.4, 0.5) is 0 Å². The van der Waals surface area contributed by atoms with Gasteiger partial charge in [0, 0.05) is 11.5 Å². The number of carboxylic acid groups (broad SMARTS) is 1. The molecule has 0 saturated heterocycles. The van der Waals surface area contributed by atoms with Crippen molar-refractivity contribution in [2.45, 2.75) is 32.6 Å². The zero-order chi connectivity index (χ0) is 12.1. The lowest BCUT2D eigenvalue weighted by Gasteiger charge is -2.12. The van der Waals surface area contributed by atoms with Gasteiger partial charge in [-0.05, 0) is 31.2 Å². The first kappa shape index (κ1) is 12.4. The second-order valence-electron chi connectivity index (χ2n) is 3.99. The summed E-state index contributed by atoms with van der Waals surface area (Å²) in [5, 5.41) is 10.3. The van der Waals surface area contributed by atoms with Gasteiger partial charge in [-0.1, -0.05) is 31.2 Å². The third kappa shape index (κ3) is 3.50. The van der Waals surface area contributed by atoms with Crippen LogP contribution in [0.1, 0.15) is 48.5 Å². The molecule has 0 aliphatic heterocycles. The maximum absolute atomic E-state index is 11.1. The summed E-state index contributed by atoms with van der Waals surface area (Å²) in [5.74, 6) is -0.819. The fraction of sp³-hybridized carbons (Fsp3) is 0.385. The van der Waals surface area contributed by atoms with Crippen LogP contribution in [0.2, 0.25) is 0 Å². The highest BCUT2D eigenvalue weighted by molar-refractivity contribution is 5.94. The Morgan fingerprint density at radius 1 is 1.25 bits per heavy atom. The minimum absolute atomic E-state index is 0.0361. The summed E-state index contributed by atoms with van der Waals surface area (Å²) >= 11 is 0. The largest absolute Gasteiger partial charge is 0.550 e. The highest BCUT2D eigenvalue weighted by Crippen LogP contribution is 2.20. The summed E-state index contributed by atoms with van der Waals surface area (Å²) in [6.45, 7) is 3.49. The van der Waals surface area contributed by atoms with E-state index in [-0.39, 0.29) is 18.1 Å². The molecule has 16 heavy (non-hydrogen) atoms. The molecule has 0 bridgehead atoms. The van der Waals surface area contributed by atoms with E-state index in [0.717, 1.165) is 5.56 Å². The lowest BCUT2D eigenvalue weighted by molar-refractivity contribution is -0.305. The third-order valence-electron chi connectivity index (χ3n) is 2.67. The number of carbonyl (C=O) groups is 2. The number of rotatable bonds is 5. The second kappa shape index (κ2) is 5.45. The van der Waals surface area contributed by atoms with Crippen LogP contribution in [0.25, 0.3) is 0 Å². The molecule has 1 aromatic rings. The third-order valence-corrected chi connectivity index (χ3v) is 2.67. The topological polar surface area (TPSA) is 57.2 Å². The molecule has 0 unspecified atom stereocenters. The van der Waals surface area contributed by atoms with Gasteiger partial charge in [0.1, 0.15) is 0 Å². The van der Waals surface area contributed by atoms with Crippen LogP contribution in [-0.2, 0) is 4.79 Å². The normalized spacial score (nSPS) is 12.1. The number of carboxylic acids is 1. The first-order chi connectivity index (χ1) is 7.50. The summed E-state index contributed by atoms with van der Waals surface area (Å²) in [7, 11) is 0. The number of benzene rings is 1. The van der Waals surface area contributed by atoms with Gasteiger partial charge in [-0.3, -0.25) is 4.79 Å². The molecule has 0 aromatic heterocycles. The van der Waals surface area contributed by atoms with E-state index in [1.54, 1.807) is 12.1 Å². The van der Waals surface area contributed by atoms with Gasteiger partial charge in [0.2, 0.25) is 0 Å². The van der Waals surface area contributed by atoms with Crippen molar-refractivity contribution in [3.8, 4) is 0 Å². The molecule has 1 rings (SSSR count). The molecule has 3 heteroatoms. The van der Waals surface area contributed by atoms with Crippen LogP contribution in [0, 0.1) is 0 Å². The fourth-order valence-corrected chi connectivity index (χ4v) is 1.55. The molecule has 3 nitrogen and oxygen atoms in total. The van der Waals surface area contributed by atoms with Crippen LogP contribution < -0.4 is 5.11 Å². The Hall–Kier alpha value is -1.64. The average molecular weight is 219 g/mol. The second-order valence-corrected chi connectivity index (χ2v) is 3.99. The first-order valence-corrected chi connectivity index (χ1v) is 5.31. The molecule has 0 aliphatic rings. The summed E-state index contributed by atoms with van der Waals surface area (Å²) in [6.07, 6.45) is 0.622. The van der Waals surface area contributed by atoms with Crippen LogP contribution >= 0.6 is 0 Å². The summed E-state index contributed by atoms with van der Waals surface area (Å²) < 4.78 is 0. The summed E-state index contributed by atoms with van der Waals surface area (Å²) in [4.78, 5) is 21.4. The van der Waals surface area contributed by atoms with Gasteiger partial charge in [0.05, 0.1) is 0 Å². The Morgan fingerprint density at radius 2 is 1.81 bits per heavy atom. The lowest BCUT2D eigenvalue weighted by atomic mass is 9.95. The van der Waals surface area contributed by atoms with Crippen molar-refractivity contribution in [2.75, 3.05) is 0 Å². The standard InChI is InChI=1S/C13H16O3/c1-9(3-8-13(15)16)11-4-6-12(7-5-11)10(2)14/h4-7,9H,3,8H2,1-2H3,(H,15,16)/p-1/t9-/m1/s1. The highest BCUT2D eigenvalue weighted by atomic mass is 16.4. The van der Waals surface area contributed by atoms with Crippen molar-refractivity contribution < 1.29 is 14.7 Å². The quantitative estimate of drug-likeness (QED) is 0.705. The Morgan fingerprint density at radius 3 is 2.25 bits per heavy atom. The zero-order valence-electron chi connectivity index (χ0n) is 9.53. The minimum Gasteiger partial charge on any atom is -0.550 e. The van der Waals surface area contributed by atoms with E-state index in [0.29, 0.717) is 12.0 Å². The Kier molecular flexibility index (Phi) is 4.23. The molecular formula is C13H15O3-. The number of aliphatic carboxylic acids is 1. The molecule has 0 radical (unpaired) electrons. The Bertz CT molecular complexity index is 379. The fourth-order valence-electron chi connectivity index (χ4n) is 1.55. The molecule has 0 fully saturated rings. The molecule has 0 amide bonds. The van der Waals surface area contributed by atoms with E-state index < -0.39 is 5.97 Å². The van der Waals surface area contributed by atoms with Gasteiger partial charge in [0.25, 0.3) is 0 Å². The molecular weight excluding hydrogens is 204 g/mol. The van der Waals surface area contributed by atoms with Crippen LogP contribution in [0.15, 0.2) is 24.3 Å². The Balaban J connectivity index is 2.66. The van der Waals surface area contributed by atoms with E-state index in [2.05, 4.69) is 0 Å². The van der Waals surface area contributed by atoms with E-state index in [1.165, 1.54) is 6.92 Å². The molecule has 1 aromatic carbocycles. The van der Waals surface area contributed by atoms with Gasteiger partial charge in [-0.25, -0.2) is 0 Å². The van der Waals surface area contributed by atoms with E-state index in [4.69, 9.17) is 0 Å². The maximum Gasteiger partial charge on any atom is 0.159 e. The number of carbonyl (C=O) groups excluding carboxylic acids is 2. The minimum atomic E-state index is -1.02. The number of hydrogen-bond donors (Lipinski definition) is 0. The van der Waals surface area contributed by atoms with Gasteiger partial charge in [0.15, 0.2) is 5.78 Å². The van der Waals surface area contributed by atoms with Crippen molar-refractivity contribution in [1.29, 1.82) is 0 Å². The first-order valence-electron chi connectivity index (χ1n) is 5.31. The molecule has 0 aliphatic carbocycles. The lowest BCUT2D eigenvalue weighted by Crippen LogP contribution is -2.22. The van der Waals surface area contributed by atoms with Gasteiger partial charge in [-0.15, -0.1) is 0 Å². The van der Waals surface area contributed by atoms with Gasteiger partial charge >= 0.3 is 0 Å². The van der Waals surface area contributed by atoms with E-state index in [1.807, 2.05) is 19.1 Å². The van der Waals surface area contributed by atoms with Crippen LogP contribution in [-0.4, -0.2) is 11.8 Å². The van der Waals surface area contributed by atoms with Crippen molar-refractivity contribution in [1.82, 2.24) is 0 Å². The number of hydrogen-bond acceptors (Lipinski definition) is 3. The smallest absolute Gasteiger partial charge is 0.159 e.